The quantitative estimate of drug-likeness (QED) is 0.596. The van der Waals surface area contributed by atoms with Gasteiger partial charge in [0.1, 0.15) is 0 Å². The van der Waals surface area contributed by atoms with Gasteiger partial charge in [-0.3, -0.25) is 4.98 Å². The van der Waals surface area contributed by atoms with Crippen LogP contribution in [0.5, 0.6) is 0 Å². The van der Waals surface area contributed by atoms with Gasteiger partial charge in [0.25, 0.3) is 0 Å². The van der Waals surface area contributed by atoms with Crippen LogP contribution >= 0.6 is 11.6 Å². The van der Waals surface area contributed by atoms with Gasteiger partial charge in [-0.25, -0.2) is 0 Å². The van der Waals surface area contributed by atoms with Crippen LogP contribution < -0.4 is 0 Å². The highest BCUT2D eigenvalue weighted by atomic mass is 35.5. The number of hydrogen-bond acceptors (Lipinski definition) is 3. The number of nitrogens with zero attached hydrogens (tertiary/aromatic N) is 3. The van der Waals surface area contributed by atoms with Crippen LogP contribution in [0.15, 0.2) is 24.7 Å². The summed E-state index contributed by atoms with van der Waals surface area (Å²) in [5.41, 5.74) is 0. The van der Waals surface area contributed by atoms with Crippen molar-refractivity contribution in [2.45, 2.75) is 0 Å². The Morgan fingerprint density at radius 2 is 2.18 bits per heavy atom. The third-order valence-electron chi connectivity index (χ3n) is 1.42. The second-order valence-corrected chi connectivity index (χ2v) is 2.46. The van der Waals surface area contributed by atoms with Gasteiger partial charge >= 0.3 is 0 Å². The minimum atomic E-state index is 0.399. The summed E-state index contributed by atoms with van der Waals surface area (Å²) in [5, 5.41) is 9.58. The second-order valence-electron chi connectivity index (χ2n) is 2.10. The summed E-state index contributed by atoms with van der Waals surface area (Å²) in [6.07, 6.45) is 5.02. The third-order valence-corrected chi connectivity index (χ3v) is 1.70. The van der Waals surface area contributed by atoms with Crippen molar-refractivity contribution in [1.82, 2.24) is 15.2 Å². The average Bonchev–Trinajstić information content (AvgIpc) is 2.06. The second kappa shape index (κ2) is 2.43. The van der Waals surface area contributed by atoms with E-state index in [0.29, 0.717) is 5.15 Å². The molecular weight excluding hydrogens is 162 g/mol. The standard InChI is InChI=1S/C7H4ClN3/c8-7-6-4-9-2-1-5(6)3-10-11-7/h1-4H. The molecule has 0 bridgehead atoms. The van der Waals surface area contributed by atoms with Gasteiger partial charge in [0.2, 0.25) is 0 Å². The van der Waals surface area contributed by atoms with Crippen molar-refractivity contribution in [3.05, 3.63) is 29.8 Å². The molecule has 0 fully saturated rings. The summed E-state index contributed by atoms with van der Waals surface area (Å²) in [7, 11) is 0. The van der Waals surface area contributed by atoms with Crippen LogP contribution in [0.25, 0.3) is 10.8 Å². The third kappa shape index (κ3) is 1.03. The molecule has 3 nitrogen and oxygen atoms in total. The number of aromatic nitrogens is 3. The summed E-state index contributed by atoms with van der Waals surface area (Å²) < 4.78 is 0. The Bertz CT molecular complexity index is 383. The molecule has 0 aliphatic rings. The van der Waals surface area contributed by atoms with Gasteiger partial charge in [0, 0.05) is 23.2 Å². The van der Waals surface area contributed by atoms with E-state index in [1.54, 1.807) is 18.6 Å². The summed E-state index contributed by atoms with van der Waals surface area (Å²) in [4.78, 5) is 3.92. The lowest BCUT2D eigenvalue weighted by atomic mass is 10.3. The molecule has 0 aliphatic heterocycles. The molecule has 0 N–H and O–H groups in total. The molecule has 2 aromatic heterocycles. The van der Waals surface area contributed by atoms with E-state index in [1.165, 1.54) is 0 Å². The van der Waals surface area contributed by atoms with Crippen LogP contribution in [0, 0.1) is 0 Å². The van der Waals surface area contributed by atoms with E-state index < -0.39 is 0 Å². The van der Waals surface area contributed by atoms with Crippen molar-refractivity contribution < 1.29 is 0 Å². The van der Waals surface area contributed by atoms with Gasteiger partial charge in [-0.2, -0.15) is 5.10 Å². The lowest BCUT2D eigenvalue weighted by Gasteiger charge is -1.94. The molecule has 0 unspecified atom stereocenters. The normalized spacial score (nSPS) is 10.3. The number of hydrogen-bond donors (Lipinski definition) is 0. The maximum absolute atomic E-state index is 5.74. The van der Waals surface area contributed by atoms with E-state index in [9.17, 15) is 0 Å². The van der Waals surface area contributed by atoms with Crippen molar-refractivity contribution in [1.29, 1.82) is 0 Å². The predicted octanol–water partition coefficient (Wildman–Crippen LogP) is 1.68. The predicted molar refractivity (Wildman–Crippen MR) is 42.3 cm³/mol. The van der Waals surface area contributed by atoms with E-state index in [2.05, 4.69) is 15.2 Å². The molecule has 2 heterocycles. The fourth-order valence-electron chi connectivity index (χ4n) is 0.886. The minimum Gasteiger partial charge on any atom is -0.264 e. The Kier molecular flexibility index (Phi) is 1.43. The number of halogens is 1. The summed E-state index contributed by atoms with van der Waals surface area (Å²) in [6, 6.07) is 1.84. The number of rotatable bonds is 0. The van der Waals surface area contributed by atoms with Crippen LogP contribution in [0.2, 0.25) is 5.15 Å². The van der Waals surface area contributed by atoms with E-state index >= 15 is 0 Å². The van der Waals surface area contributed by atoms with Gasteiger partial charge in [-0.05, 0) is 6.07 Å². The highest BCUT2D eigenvalue weighted by Gasteiger charge is 1.97. The van der Waals surface area contributed by atoms with E-state index in [-0.39, 0.29) is 0 Å². The zero-order valence-electron chi connectivity index (χ0n) is 5.53. The topological polar surface area (TPSA) is 38.7 Å². The van der Waals surface area contributed by atoms with Gasteiger partial charge in [-0.15, -0.1) is 5.10 Å². The first-order chi connectivity index (χ1) is 5.38. The highest BCUT2D eigenvalue weighted by molar-refractivity contribution is 6.33. The first-order valence-corrected chi connectivity index (χ1v) is 3.46. The zero-order chi connectivity index (χ0) is 7.68. The largest absolute Gasteiger partial charge is 0.264 e. The molecular formula is C7H4ClN3. The maximum Gasteiger partial charge on any atom is 0.161 e. The van der Waals surface area contributed by atoms with Crippen molar-refractivity contribution in [2.75, 3.05) is 0 Å². The van der Waals surface area contributed by atoms with Crippen LogP contribution in [0.4, 0.5) is 0 Å². The Labute approximate surface area is 68.0 Å². The van der Waals surface area contributed by atoms with Crippen LogP contribution in [-0.2, 0) is 0 Å². The van der Waals surface area contributed by atoms with E-state index in [1.807, 2.05) is 6.07 Å². The molecule has 54 valence electrons. The van der Waals surface area contributed by atoms with Gasteiger partial charge in [-0.1, -0.05) is 11.6 Å². The molecule has 0 amide bonds. The monoisotopic (exact) mass is 165 g/mol. The molecule has 0 saturated heterocycles. The average molecular weight is 166 g/mol. The SMILES string of the molecule is Clc1nncc2ccncc12. The van der Waals surface area contributed by atoms with Crippen LogP contribution in [-0.4, -0.2) is 15.2 Å². The van der Waals surface area contributed by atoms with Crippen LogP contribution in [0.1, 0.15) is 0 Å². The summed E-state index contributed by atoms with van der Waals surface area (Å²) in [6.45, 7) is 0. The zero-order valence-corrected chi connectivity index (χ0v) is 6.28. The molecule has 0 aromatic carbocycles. The minimum absolute atomic E-state index is 0.399. The fourth-order valence-corrected chi connectivity index (χ4v) is 1.09. The molecule has 0 spiro atoms. The summed E-state index contributed by atoms with van der Waals surface area (Å²) in [5.74, 6) is 0. The van der Waals surface area contributed by atoms with E-state index in [0.717, 1.165) is 10.8 Å². The van der Waals surface area contributed by atoms with Crippen molar-refractivity contribution in [3.63, 3.8) is 0 Å². The molecule has 2 aromatic rings. The maximum atomic E-state index is 5.74. The first-order valence-electron chi connectivity index (χ1n) is 3.09. The Hall–Kier alpha value is -1.22. The molecule has 0 saturated carbocycles. The van der Waals surface area contributed by atoms with Gasteiger partial charge in [0.15, 0.2) is 5.15 Å². The summed E-state index contributed by atoms with van der Waals surface area (Å²) >= 11 is 5.74. The first kappa shape index (κ1) is 6.49. The van der Waals surface area contributed by atoms with Crippen molar-refractivity contribution in [2.24, 2.45) is 0 Å². The highest BCUT2D eigenvalue weighted by Crippen LogP contribution is 2.17. The van der Waals surface area contributed by atoms with Gasteiger partial charge < -0.3 is 0 Å². The Morgan fingerprint density at radius 1 is 1.27 bits per heavy atom. The molecule has 0 atom stereocenters. The Balaban J connectivity index is 2.91. The molecule has 4 heteroatoms. The van der Waals surface area contributed by atoms with Crippen LogP contribution in [0.3, 0.4) is 0 Å². The Morgan fingerprint density at radius 3 is 3.00 bits per heavy atom. The smallest absolute Gasteiger partial charge is 0.161 e. The lowest BCUT2D eigenvalue weighted by Crippen LogP contribution is -1.83. The molecule has 11 heavy (non-hydrogen) atoms. The van der Waals surface area contributed by atoms with E-state index in [4.69, 9.17) is 11.6 Å². The lowest BCUT2D eigenvalue weighted by molar-refractivity contribution is 1.05. The van der Waals surface area contributed by atoms with Crippen molar-refractivity contribution >= 4 is 22.4 Å². The number of pyridine rings is 1. The number of fused-ring (bicyclic) bond motifs is 1. The molecule has 0 aliphatic carbocycles. The molecule has 0 radical (unpaired) electrons. The molecule has 2 rings (SSSR count). The van der Waals surface area contributed by atoms with Gasteiger partial charge in [0.05, 0.1) is 6.20 Å². The van der Waals surface area contributed by atoms with Crippen molar-refractivity contribution in [3.8, 4) is 0 Å². The fraction of sp³-hybridized carbons (Fsp3) is 0.